The van der Waals surface area contributed by atoms with Crippen molar-refractivity contribution < 1.29 is 4.79 Å². The standard InChI is InChI=1S/C11H16N6OS/c1-16(9-5-3-7-12-9)10(18)6-4-8-19-11-13-14-15-17(11)2/h3,5,7,12H,4,6,8H2,1-2H3. The van der Waals surface area contributed by atoms with Gasteiger partial charge in [0.25, 0.3) is 0 Å². The van der Waals surface area contributed by atoms with Crippen LogP contribution in [0.15, 0.2) is 23.5 Å². The third-order valence-corrected chi connectivity index (χ3v) is 3.76. The van der Waals surface area contributed by atoms with Crippen LogP contribution < -0.4 is 4.90 Å². The van der Waals surface area contributed by atoms with Gasteiger partial charge in [-0.1, -0.05) is 11.8 Å². The highest BCUT2D eigenvalue weighted by Crippen LogP contribution is 2.15. The van der Waals surface area contributed by atoms with Crippen LogP contribution in [0.2, 0.25) is 0 Å². The summed E-state index contributed by atoms with van der Waals surface area (Å²) >= 11 is 1.55. The highest BCUT2D eigenvalue weighted by Gasteiger charge is 2.11. The first-order chi connectivity index (χ1) is 9.18. The van der Waals surface area contributed by atoms with Crippen molar-refractivity contribution in [1.29, 1.82) is 0 Å². The first-order valence-corrected chi connectivity index (χ1v) is 6.92. The quantitative estimate of drug-likeness (QED) is 0.632. The maximum Gasteiger partial charge on any atom is 0.227 e. The fourth-order valence-corrected chi connectivity index (χ4v) is 2.35. The molecule has 2 heterocycles. The highest BCUT2D eigenvalue weighted by molar-refractivity contribution is 7.99. The first kappa shape index (κ1) is 13.6. The fourth-order valence-electron chi connectivity index (χ4n) is 1.56. The Kier molecular flexibility index (Phi) is 4.56. The van der Waals surface area contributed by atoms with Crippen molar-refractivity contribution in [3.05, 3.63) is 18.3 Å². The molecule has 1 amide bonds. The number of hydrogen-bond donors (Lipinski definition) is 1. The zero-order valence-corrected chi connectivity index (χ0v) is 11.7. The first-order valence-electron chi connectivity index (χ1n) is 5.93. The molecule has 1 N–H and O–H groups in total. The Hall–Kier alpha value is -1.83. The van der Waals surface area contributed by atoms with Crippen LogP contribution in [0, 0.1) is 0 Å². The Morgan fingerprint density at radius 3 is 3.05 bits per heavy atom. The molecule has 0 radical (unpaired) electrons. The lowest BCUT2D eigenvalue weighted by Gasteiger charge is -2.14. The minimum atomic E-state index is 0.0964. The van der Waals surface area contributed by atoms with Crippen molar-refractivity contribution in [2.45, 2.75) is 18.0 Å². The number of nitrogens with zero attached hydrogens (tertiary/aromatic N) is 5. The van der Waals surface area contributed by atoms with Gasteiger partial charge in [-0.2, -0.15) is 0 Å². The Balaban J connectivity index is 1.71. The van der Waals surface area contributed by atoms with E-state index in [0.29, 0.717) is 6.42 Å². The highest BCUT2D eigenvalue weighted by atomic mass is 32.2. The summed E-state index contributed by atoms with van der Waals surface area (Å²) in [6.45, 7) is 0. The van der Waals surface area contributed by atoms with Crippen LogP contribution in [0.3, 0.4) is 0 Å². The minimum Gasteiger partial charge on any atom is -0.348 e. The number of amides is 1. The minimum absolute atomic E-state index is 0.0964. The number of tetrazole rings is 1. The van der Waals surface area contributed by atoms with E-state index in [1.165, 1.54) is 0 Å². The molecule has 0 saturated heterocycles. The predicted molar refractivity (Wildman–Crippen MR) is 73.0 cm³/mol. The molecular formula is C11H16N6OS. The molecule has 0 unspecified atom stereocenters. The molecule has 2 aromatic rings. The molecule has 7 nitrogen and oxygen atoms in total. The van der Waals surface area contributed by atoms with Crippen LogP contribution >= 0.6 is 11.8 Å². The van der Waals surface area contributed by atoms with Gasteiger partial charge in [-0.25, -0.2) is 4.68 Å². The second-order valence-electron chi connectivity index (χ2n) is 4.05. The largest absolute Gasteiger partial charge is 0.348 e. The van der Waals surface area contributed by atoms with E-state index >= 15 is 0 Å². The van der Waals surface area contributed by atoms with Gasteiger partial charge in [-0.3, -0.25) is 4.79 Å². The molecule has 0 aliphatic heterocycles. The van der Waals surface area contributed by atoms with Crippen LogP contribution in [0.5, 0.6) is 0 Å². The van der Waals surface area contributed by atoms with Gasteiger partial charge in [-0.05, 0) is 29.0 Å². The van der Waals surface area contributed by atoms with Crippen molar-refractivity contribution in [3.8, 4) is 0 Å². The fraction of sp³-hybridized carbons (Fsp3) is 0.455. The van der Waals surface area contributed by atoms with Crippen LogP contribution in [-0.4, -0.2) is 43.9 Å². The van der Waals surface area contributed by atoms with Crippen molar-refractivity contribution >= 4 is 23.5 Å². The SMILES string of the molecule is CN(C(=O)CCCSc1nnnn1C)c1ccc[nH]1. The second kappa shape index (κ2) is 6.37. The Bertz CT molecular complexity index is 523. The molecule has 0 fully saturated rings. The lowest BCUT2D eigenvalue weighted by atomic mass is 10.3. The van der Waals surface area contributed by atoms with E-state index in [2.05, 4.69) is 20.5 Å². The third-order valence-electron chi connectivity index (χ3n) is 2.66. The van der Waals surface area contributed by atoms with Gasteiger partial charge in [-0.15, -0.1) is 5.10 Å². The molecule has 0 aliphatic rings. The maximum atomic E-state index is 11.9. The number of thioether (sulfide) groups is 1. The number of nitrogens with one attached hydrogen (secondary N) is 1. The molecule has 0 bridgehead atoms. The number of aromatic amines is 1. The average molecular weight is 280 g/mol. The summed E-state index contributed by atoms with van der Waals surface area (Å²) in [5, 5.41) is 11.9. The molecule has 0 atom stereocenters. The Labute approximate surface area is 115 Å². The molecule has 2 aromatic heterocycles. The van der Waals surface area contributed by atoms with Gasteiger partial charge in [0.2, 0.25) is 11.1 Å². The smallest absolute Gasteiger partial charge is 0.227 e. The summed E-state index contributed by atoms with van der Waals surface area (Å²) in [5.74, 6) is 1.73. The van der Waals surface area contributed by atoms with Crippen LogP contribution in [-0.2, 0) is 11.8 Å². The number of H-pyrrole nitrogens is 1. The van der Waals surface area contributed by atoms with Crippen molar-refractivity contribution in [1.82, 2.24) is 25.2 Å². The van der Waals surface area contributed by atoms with Crippen molar-refractivity contribution in [2.24, 2.45) is 7.05 Å². The van der Waals surface area contributed by atoms with E-state index in [0.717, 1.165) is 23.1 Å². The summed E-state index contributed by atoms with van der Waals surface area (Å²) in [6.07, 6.45) is 3.10. The molecular weight excluding hydrogens is 264 g/mol. The average Bonchev–Trinajstić information content (AvgIpc) is 3.05. The lowest BCUT2D eigenvalue weighted by molar-refractivity contribution is -0.118. The molecule has 0 aromatic carbocycles. The lowest BCUT2D eigenvalue weighted by Crippen LogP contribution is -2.26. The molecule has 0 saturated carbocycles. The van der Waals surface area contributed by atoms with E-state index in [4.69, 9.17) is 0 Å². The van der Waals surface area contributed by atoms with Gasteiger partial charge < -0.3 is 9.88 Å². The molecule has 0 aliphatic carbocycles. The van der Waals surface area contributed by atoms with Gasteiger partial charge in [0.15, 0.2) is 0 Å². The van der Waals surface area contributed by atoms with E-state index in [1.807, 2.05) is 12.1 Å². The number of aromatic nitrogens is 5. The molecule has 19 heavy (non-hydrogen) atoms. The Morgan fingerprint density at radius 2 is 2.42 bits per heavy atom. The van der Waals surface area contributed by atoms with Gasteiger partial charge in [0.1, 0.15) is 5.82 Å². The van der Waals surface area contributed by atoms with Crippen LogP contribution in [0.1, 0.15) is 12.8 Å². The molecule has 0 spiro atoms. The third kappa shape index (κ3) is 3.57. The topological polar surface area (TPSA) is 79.7 Å². The summed E-state index contributed by atoms with van der Waals surface area (Å²) in [6, 6.07) is 3.74. The summed E-state index contributed by atoms with van der Waals surface area (Å²) in [7, 11) is 3.57. The number of rotatable bonds is 6. The second-order valence-corrected chi connectivity index (χ2v) is 5.11. The van der Waals surface area contributed by atoms with Gasteiger partial charge in [0, 0.05) is 32.5 Å². The number of aryl methyl sites for hydroxylation is 1. The maximum absolute atomic E-state index is 11.9. The molecule has 8 heteroatoms. The van der Waals surface area contributed by atoms with E-state index in [1.54, 1.807) is 41.6 Å². The van der Waals surface area contributed by atoms with E-state index in [9.17, 15) is 4.79 Å². The molecule has 2 rings (SSSR count). The monoisotopic (exact) mass is 280 g/mol. The number of anilines is 1. The van der Waals surface area contributed by atoms with E-state index < -0.39 is 0 Å². The zero-order chi connectivity index (χ0) is 13.7. The van der Waals surface area contributed by atoms with Gasteiger partial charge >= 0.3 is 0 Å². The Morgan fingerprint density at radius 1 is 1.58 bits per heavy atom. The van der Waals surface area contributed by atoms with Crippen LogP contribution in [0.4, 0.5) is 5.82 Å². The number of carbonyl (C=O) groups is 1. The van der Waals surface area contributed by atoms with Crippen LogP contribution in [0.25, 0.3) is 0 Å². The predicted octanol–water partition coefficient (Wildman–Crippen LogP) is 1.07. The number of carbonyl (C=O) groups excluding carboxylic acids is 1. The summed E-state index contributed by atoms with van der Waals surface area (Å²) < 4.78 is 1.62. The normalized spacial score (nSPS) is 10.6. The summed E-state index contributed by atoms with van der Waals surface area (Å²) in [4.78, 5) is 16.6. The summed E-state index contributed by atoms with van der Waals surface area (Å²) in [5.41, 5.74) is 0. The zero-order valence-electron chi connectivity index (χ0n) is 10.9. The van der Waals surface area contributed by atoms with E-state index in [-0.39, 0.29) is 5.91 Å². The van der Waals surface area contributed by atoms with Gasteiger partial charge in [0.05, 0.1) is 0 Å². The molecule has 102 valence electrons. The number of hydrogen-bond acceptors (Lipinski definition) is 5. The van der Waals surface area contributed by atoms with Crippen molar-refractivity contribution in [2.75, 3.05) is 17.7 Å². The van der Waals surface area contributed by atoms with Crippen molar-refractivity contribution in [3.63, 3.8) is 0 Å².